The molecule has 0 amide bonds. The van der Waals surface area contributed by atoms with Crippen molar-refractivity contribution < 1.29 is 9.84 Å². The molecule has 0 heterocycles. The van der Waals surface area contributed by atoms with Gasteiger partial charge >= 0.3 is 0 Å². The van der Waals surface area contributed by atoms with E-state index in [1.165, 1.54) is 5.56 Å². The van der Waals surface area contributed by atoms with Crippen molar-refractivity contribution in [2.45, 2.75) is 6.61 Å². The number of phenolic OH excluding ortho intramolecular Hbond substituents is 1. The number of hydrogen-bond acceptors (Lipinski definition) is 2. The lowest BCUT2D eigenvalue weighted by atomic mass is 10.00. The Labute approximate surface area is 159 Å². The zero-order valence-electron chi connectivity index (χ0n) is 14.9. The van der Waals surface area contributed by atoms with Gasteiger partial charge in [-0.15, -0.1) is 0 Å². The maximum Gasteiger partial charge on any atom is 0.127 e. The first-order chi connectivity index (χ1) is 13.3. The van der Waals surface area contributed by atoms with Crippen molar-refractivity contribution in [3.63, 3.8) is 0 Å². The Morgan fingerprint density at radius 3 is 1.93 bits per heavy atom. The number of aromatic hydroxyl groups is 1. The normalized spacial score (nSPS) is 10.5. The SMILES string of the molecule is Oc1ccccc1-c1ccccc1OCc1ccccc1-c1ccccc1. The molecule has 4 aromatic carbocycles. The molecule has 0 saturated heterocycles. The first kappa shape index (κ1) is 16.9. The molecule has 0 radical (unpaired) electrons. The summed E-state index contributed by atoms with van der Waals surface area (Å²) in [5.74, 6) is 1.00. The fourth-order valence-corrected chi connectivity index (χ4v) is 3.22. The van der Waals surface area contributed by atoms with Crippen molar-refractivity contribution in [3.05, 3.63) is 109 Å². The second-order valence-corrected chi connectivity index (χ2v) is 6.33. The maximum absolute atomic E-state index is 10.2. The first-order valence-corrected chi connectivity index (χ1v) is 8.96. The van der Waals surface area contributed by atoms with E-state index in [1.54, 1.807) is 6.07 Å². The summed E-state index contributed by atoms with van der Waals surface area (Å²) < 4.78 is 6.18. The minimum absolute atomic E-state index is 0.248. The molecule has 132 valence electrons. The number of phenols is 1. The maximum atomic E-state index is 10.2. The van der Waals surface area contributed by atoms with Gasteiger partial charge in [-0.25, -0.2) is 0 Å². The summed E-state index contributed by atoms with van der Waals surface area (Å²) in [7, 11) is 0. The second-order valence-electron chi connectivity index (χ2n) is 6.33. The average molecular weight is 352 g/mol. The average Bonchev–Trinajstić information content (AvgIpc) is 2.74. The Morgan fingerprint density at radius 1 is 0.556 bits per heavy atom. The lowest BCUT2D eigenvalue weighted by Gasteiger charge is -2.15. The number of hydrogen-bond donors (Lipinski definition) is 1. The highest BCUT2D eigenvalue weighted by Crippen LogP contribution is 2.36. The second kappa shape index (κ2) is 7.79. The summed E-state index contributed by atoms with van der Waals surface area (Å²) in [4.78, 5) is 0. The van der Waals surface area contributed by atoms with Crippen LogP contribution in [-0.4, -0.2) is 5.11 Å². The van der Waals surface area contributed by atoms with Crippen LogP contribution in [0.2, 0.25) is 0 Å². The zero-order valence-corrected chi connectivity index (χ0v) is 14.9. The van der Waals surface area contributed by atoms with Crippen LogP contribution >= 0.6 is 0 Å². The number of ether oxygens (including phenoxy) is 1. The summed E-state index contributed by atoms with van der Waals surface area (Å²) in [6.07, 6.45) is 0. The smallest absolute Gasteiger partial charge is 0.127 e. The molecule has 0 spiro atoms. The molecule has 2 nitrogen and oxygen atoms in total. The van der Waals surface area contributed by atoms with Crippen molar-refractivity contribution in [2.75, 3.05) is 0 Å². The highest BCUT2D eigenvalue weighted by molar-refractivity contribution is 5.75. The van der Waals surface area contributed by atoms with E-state index in [9.17, 15) is 5.11 Å². The van der Waals surface area contributed by atoms with Crippen molar-refractivity contribution in [2.24, 2.45) is 0 Å². The molecular weight excluding hydrogens is 332 g/mol. The summed E-state index contributed by atoms with van der Waals surface area (Å²) in [5, 5.41) is 10.2. The monoisotopic (exact) mass is 352 g/mol. The van der Waals surface area contributed by atoms with Crippen molar-refractivity contribution >= 4 is 0 Å². The molecule has 0 aliphatic rings. The van der Waals surface area contributed by atoms with Crippen LogP contribution in [0.1, 0.15) is 5.56 Å². The van der Waals surface area contributed by atoms with E-state index in [0.717, 1.165) is 28.0 Å². The van der Waals surface area contributed by atoms with Gasteiger partial charge in [0.2, 0.25) is 0 Å². The Balaban J connectivity index is 1.64. The third-order valence-electron chi connectivity index (χ3n) is 4.57. The van der Waals surface area contributed by atoms with Gasteiger partial charge in [0.1, 0.15) is 18.1 Å². The van der Waals surface area contributed by atoms with Gasteiger partial charge in [-0.1, -0.05) is 91.0 Å². The summed E-state index contributed by atoms with van der Waals surface area (Å²) >= 11 is 0. The molecule has 0 bridgehead atoms. The number of para-hydroxylation sites is 2. The highest BCUT2D eigenvalue weighted by Gasteiger charge is 2.11. The standard InChI is InChI=1S/C25H20O2/c26-24-16-8-6-14-22(24)23-15-7-9-17-25(23)27-18-20-12-4-5-13-21(20)19-10-2-1-3-11-19/h1-17,26H,18H2. The molecule has 0 unspecified atom stereocenters. The van der Waals surface area contributed by atoms with Crippen LogP contribution < -0.4 is 4.74 Å². The van der Waals surface area contributed by atoms with Gasteiger partial charge in [-0.05, 0) is 28.8 Å². The van der Waals surface area contributed by atoms with E-state index in [2.05, 4.69) is 24.3 Å². The van der Waals surface area contributed by atoms with Crippen LogP contribution in [-0.2, 0) is 6.61 Å². The van der Waals surface area contributed by atoms with Crippen LogP contribution in [0.5, 0.6) is 11.5 Å². The topological polar surface area (TPSA) is 29.5 Å². The molecular formula is C25H20O2. The van der Waals surface area contributed by atoms with Gasteiger partial charge < -0.3 is 9.84 Å². The molecule has 27 heavy (non-hydrogen) atoms. The van der Waals surface area contributed by atoms with Gasteiger partial charge in [0, 0.05) is 11.1 Å². The van der Waals surface area contributed by atoms with Gasteiger partial charge in [0.05, 0.1) is 0 Å². The molecule has 0 atom stereocenters. The van der Waals surface area contributed by atoms with Crippen LogP contribution in [0.15, 0.2) is 103 Å². The first-order valence-electron chi connectivity index (χ1n) is 8.96. The van der Waals surface area contributed by atoms with Gasteiger partial charge in [-0.3, -0.25) is 0 Å². The minimum Gasteiger partial charge on any atom is -0.507 e. The van der Waals surface area contributed by atoms with Gasteiger partial charge in [0.25, 0.3) is 0 Å². The van der Waals surface area contributed by atoms with Crippen LogP contribution in [0.25, 0.3) is 22.3 Å². The van der Waals surface area contributed by atoms with E-state index in [1.807, 2.05) is 72.8 Å². The van der Waals surface area contributed by atoms with Crippen LogP contribution in [0, 0.1) is 0 Å². The Morgan fingerprint density at radius 2 is 1.15 bits per heavy atom. The molecule has 0 aromatic heterocycles. The van der Waals surface area contributed by atoms with E-state index in [0.29, 0.717) is 6.61 Å². The molecule has 0 fully saturated rings. The molecule has 1 N–H and O–H groups in total. The summed E-state index contributed by atoms with van der Waals surface area (Å²) in [6.45, 7) is 0.454. The van der Waals surface area contributed by atoms with E-state index in [4.69, 9.17) is 4.74 Å². The molecule has 4 aromatic rings. The lowest BCUT2D eigenvalue weighted by molar-refractivity contribution is 0.308. The molecule has 4 rings (SSSR count). The summed E-state index contributed by atoms with van der Waals surface area (Å²) in [5.41, 5.74) is 5.11. The Hall–Kier alpha value is -3.52. The fraction of sp³-hybridized carbons (Fsp3) is 0.0400. The fourth-order valence-electron chi connectivity index (χ4n) is 3.22. The van der Waals surface area contributed by atoms with Crippen LogP contribution in [0.4, 0.5) is 0 Å². The molecule has 0 aliphatic carbocycles. The Bertz CT molecular complexity index is 1040. The predicted molar refractivity (Wildman–Crippen MR) is 110 cm³/mol. The number of benzene rings is 4. The largest absolute Gasteiger partial charge is 0.507 e. The summed E-state index contributed by atoms with van der Waals surface area (Å²) in [6, 6.07) is 33.7. The Kier molecular flexibility index (Phi) is 4.88. The van der Waals surface area contributed by atoms with Crippen LogP contribution in [0.3, 0.4) is 0 Å². The van der Waals surface area contributed by atoms with E-state index < -0.39 is 0 Å². The highest BCUT2D eigenvalue weighted by atomic mass is 16.5. The van der Waals surface area contributed by atoms with Gasteiger partial charge in [0.15, 0.2) is 0 Å². The van der Waals surface area contributed by atoms with Gasteiger partial charge in [-0.2, -0.15) is 0 Å². The molecule has 0 saturated carbocycles. The predicted octanol–water partition coefficient (Wildman–Crippen LogP) is 6.31. The minimum atomic E-state index is 0.248. The van der Waals surface area contributed by atoms with E-state index in [-0.39, 0.29) is 5.75 Å². The van der Waals surface area contributed by atoms with Crippen molar-refractivity contribution in [1.82, 2.24) is 0 Å². The van der Waals surface area contributed by atoms with Crippen molar-refractivity contribution in [3.8, 4) is 33.8 Å². The number of rotatable bonds is 5. The van der Waals surface area contributed by atoms with Crippen molar-refractivity contribution in [1.29, 1.82) is 0 Å². The molecule has 0 aliphatic heterocycles. The van der Waals surface area contributed by atoms with E-state index >= 15 is 0 Å². The third-order valence-corrected chi connectivity index (χ3v) is 4.57. The zero-order chi connectivity index (χ0) is 18.5. The lowest BCUT2D eigenvalue weighted by Crippen LogP contribution is -1.99. The third kappa shape index (κ3) is 3.70. The quantitative estimate of drug-likeness (QED) is 0.456. The molecule has 2 heteroatoms.